The average Bonchev–Trinajstić information content (AvgIpc) is 3.06. The normalized spacial score (nSPS) is 12.0. The fourth-order valence-electron chi connectivity index (χ4n) is 7.44. The highest BCUT2D eigenvalue weighted by Gasteiger charge is 2.25. The minimum atomic E-state index is -0.159. The van der Waals surface area contributed by atoms with Gasteiger partial charge < -0.3 is 0 Å². The van der Waals surface area contributed by atoms with Crippen LogP contribution >= 0.6 is 0 Å². The largest absolute Gasteiger partial charge is 0.0616 e. The van der Waals surface area contributed by atoms with Crippen LogP contribution in [0.3, 0.4) is 0 Å². The van der Waals surface area contributed by atoms with Gasteiger partial charge in [-0.2, -0.15) is 0 Å². The van der Waals surface area contributed by atoms with Crippen LogP contribution in [0.15, 0.2) is 146 Å². The lowest BCUT2D eigenvalue weighted by Gasteiger charge is -2.28. The van der Waals surface area contributed by atoms with E-state index in [4.69, 9.17) is 0 Å². The highest BCUT2D eigenvalue weighted by molar-refractivity contribution is 6.14. The van der Waals surface area contributed by atoms with Gasteiger partial charge in [-0.25, -0.2) is 0 Å². The molecule has 8 aromatic rings. The van der Waals surface area contributed by atoms with Crippen LogP contribution in [0, 0.1) is 13.8 Å². The van der Waals surface area contributed by atoms with Crippen LogP contribution in [0.4, 0.5) is 0 Å². The summed E-state index contributed by atoms with van der Waals surface area (Å²) in [4.78, 5) is 0. The SMILES string of the molecule is Cc1cc(C(C)(C)c2ccc(-c3c4ccccc4cc4ccccc34)c(C)c2)ccc1-c1c2ccccc2cc2ccccc12. The Morgan fingerprint density at radius 1 is 0.356 bits per heavy atom. The quantitative estimate of drug-likeness (QED) is 0.183. The van der Waals surface area contributed by atoms with E-state index < -0.39 is 0 Å². The molecule has 216 valence electrons. The number of aryl methyl sites for hydroxylation is 2. The van der Waals surface area contributed by atoms with Crippen molar-refractivity contribution >= 4 is 43.1 Å². The molecule has 0 aliphatic carbocycles. The predicted octanol–water partition coefficient (Wildman–Crippen LogP) is 12.6. The number of hydrogen-bond donors (Lipinski definition) is 0. The van der Waals surface area contributed by atoms with E-state index in [-0.39, 0.29) is 5.41 Å². The molecule has 0 N–H and O–H groups in total. The summed E-state index contributed by atoms with van der Waals surface area (Å²) >= 11 is 0. The molecule has 0 aromatic heterocycles. The van der Waals surface area contributed by atoms with Gasteiger partial charge in [0.2, 0.25) is 0 Å². The molecule has 0 saturated heterocycles. The van der Waals surface area contributed by atoms with Crippen molar-refractivity contribution in [1.29, 1.82) is 0 Å². The van der Waals surface area contributed by atoms with Gasteiger partial charge in [-0.15, -0.1) is 0 Å². The van der Waals surface area contributed by atoms with E-state index in [1.54, 1.807) is 0 Å². The van der Waals surface area contributed by atoms with Crippen LogP contribution in [-0.2, 0) is 5.41 Å². The first-order valence-electron chi connectivity index (χ1n) is 15.9. The zero-order valence-electron chi connectivity index (χ0n) is 26.4. The van der Waals surface area contributed by atoms with E-state index in [1.807, 2.05) is 0 Å². The molecular weight excluding hydrogens is 540 g/mol. The lowest BCUT2D eigenvalue weighted by Crippen LogP contribution is -2.19. The van der Waals surface area contributed by atoms with E-state index in [0.717, 1.165) is 0 Å². The van der Waals surface area contributed by atoms with Crippen LogP contribution in [0.5, 0.6) is 0 Å². The van der Waals surface area contributed by atoms with Crippen LogP contribution in [0.25, 0.3) is 65.3 Å². The molecule has 0 nitrogen and oxygen atoms in total. The molecule has 45 heavy (non-hydrogen) atoms. The predicted molar refractivity (Wildman–Crippen MR) is 195 cm³/mol. The molecular formula is C45H36. The average molecular weight is 577 g/mol. The third-order valence-electron chi connectivity index (χ3n) is 9.98. The molecule has 0 unspecified atom stereocenters. The number of fused-ring (bicyclic) bond motifs is 4. The van der Waals surface area contributed by atoms with Gasteiger partial charge in [0.15, 0.2) is 0 Å². The first-order chi connectivity index (χ1) is 21.9. The minimum absolute atomic E-state index is 0.159. The summed E-state index contributed by atoms with van der Waals surface area (Å²) in [5.74, 6) is 0. The Labute approximate surface area is 265 Å². The highest BCUT2D eigenvalue weighted by atomic mass is 14.3. The number of rotatable bonds is 4. The van der Waals surface area contributed by atoms with Gasteiger partial charge in [0.25, 0.3) is 0 Å². The van der Waals surface area contributed by atoms with Crippen molar-refractivity contribution in [3.8, 4) is 22.3 Å². The van der Waals surface area contributed by atoms with Crippen LogP contribution < -0.4 is 0 Å². The second-order valence-corrected chi connectivity index (χ2v) is 13.1. The summed E-state index contributed by atoms with van der Waals surface area (Å²) < 4.78 is 0. The molecule has 0 radical (unpaired) electrons. The molecule has 0 fully saturated rings. The molecule has 0 aliphatic rings. The molecule has 0 saturated carbocycles. The summed E-state index contributed by atoms with van der Waals surface area (Å²) in [6.07, 6.45) is 0. The maximum atomic E-state index is 2.41. The van der Waals surface area contributed by atoms with Crippen molar-refractivity contribution in [2.24, 2.45) is 0 Å². The Hall–Kier alpha value is -5.20. The van der Waals surface area contributed by atoms with Crippen molar-refractivity contribution in [2.75, 3.05) is 0 Å². The van der Waals surface area contributed by atoms with Crippen LogP contribution in [-0.4, -0.2) is 0 Å². The monoisotopic (exact) mass is 576 g/mol. The van der Waals surface area contributed by atoms with Gasteiger partial charge >= 0.3 is 0 Å². The van der Waals surface area contributed by atoms with E-state index >= 15 is 0 Å². The van der Waals surface area contributed by atoms with Gasteiger partial charge in [-0.05, 0) is 114 Å². The van der Waals surface area contributed by atoms with Gasteiger partial charge in [0.1, 0.15) is 0 Å². The first-order valence-corrected chi connectivity index (χ1v) is 15.9. The Morgan fingerprint density at radius 3 is 0.978 bits per heavy atom. The molecule has 8 aromatic carbocycles. The van der Waals surface area contributed by atoms with Crippen LogP contribution in [0.1, 0.15) is 36.1 Å². The fourth-order valence-corrected chi connectivity index (χ4v) is 7.44. The fraction of sp³-hybridized carbons (Fsp3) is 0.111. The zero-order chi connectivity index (χ0) is 30.7. The molecule has 8 rings (SSSR count). The molecule has 0 spiro atoms. The van der Waals surface area contributed by atoms with E-state index in [0.29, 0.717) is 0 Å². The highest BCUT2D eigenvalue weighted by Crippen LogP contribution is 2.42. The Morgan fingerprint density at radius 2 is 0.667 bits per heavy atom. The maximum Gasteiger partial charge on any atom is 0.0146 e. The lowest BCUT2D eigenvalue weighted by atomic mass is 9.75. The van der Waals surface area contributed by atoms with E-state index in [1.165, 1.54) is 87.6 Å². The van der Waals surface area contributed by atoms with Gasteiger partial charge in [-0.1, -0.05) is 147 Å². The van der Waals surface area contributed by atoms with Crippen molar-refractivity contribution < 1.29 is 0 Å². The van der Waals surface area contributed by atoms with Crippen molar-refractivity contribution in [2.45, 2.75) is 33.1 Å². The molecule has 0 aliphatic heterocycles. The molecule has 0 atom stereocenters. The van der Waals surface area contributed by atoms with Crippen molar-refractivity contribution in [1.82, 2.24) is 0 Å². The van der Waals surface area contributed by atoms with Gasteiger partial charge in [0.05, 0.1) is 0 Å². The Balaban J connectivity index is 1.23. The first kappa shape index (κ1) is 27.4. The molecule has 0 heterocycles. The number of benzene rings is 8. The summed E-state index contributed by atoms with van der Waals surface area (Å²) in [5, 5.41) is 10.3. The van der Waals surface area contributed by atoms with Crippen molar-refractivity contribution in [3.05, 3.63) is 168 Å². The topological polar surface area (TPSA) is 0 Å². The summed E-state index contributed by atoms with van der Waals surface area (Å²) in [6, 6.07) is 54.0. The van der Waals surface area contributed by atoms with Crippen molar-refractivity contribution in [3.63, 3.8) is 0 Å². The molecule has 0 heteroatoms. The Kier molecular flexibility index (Phi) is 6.36. The third-order valence-corrected chi connectivity index (χ3v) is 9.98. The number of hydrogen-bond acceptors (Lipinski definition) is 0. The second-order valence-electron chi connectivity index (χ2n) is 13.1. The van der Waals surface area contributed by atoms with E-state index in [9.17, 15) is 0 Å². The summed E-state index contributed by atoms with van der Waals surface area (Å²) in [7, 11) is 0. The van der Waals surface area contributed by atoms with Gasteiger partial charge in [0, 0.05) is 5.41 Å². The second kappa shape index (κ2) is 10.5. The summed E-state index contributed by atoms with van der Waals surface area (Å²) in [6.45, 7) is 9.25. The summed E-state index contributed by atoms with van der Waals surface area (Å²) in [5.41, 5.74) is 10.4. The third kappa shape index (κ3) is 4.44. The molecule has 0 amide bonds. The maximum absolute atomic E-state index is 2.41. The molecule has 0 bridgehead atoms. The minimum Gasteiger partial charge on any atom is -0.0616 e. The smallest absolute Gasteiger partial charge is 0.0146 e. The lowest BCUT2D eigenvalue weighted by molar-refractivity contribution is 0.640. The standard InChI is InChI=1S/C45H36/c1-29-25-35(21-23-37(29)43-39-17-9-5-13-31(39)27-32-14-6-10-18-40(32)43)45(3,4)36-22-24-38(30(2)26-36)44-41-19-11-7-15-33(41)28-34-16-8-12-20-42(34)44/h5-28H,1-4H3. The Bertz CT molecular complexity index is 2140. The van der Waals surface area contributed by atoms with Crippen LogP contribution in [0.2, 0.25) is 0 Å². The zero-order valence-corrected chi connectivity index (χ0v) is 26.4. The van der Waals surface area contributed by atoms with Gasteiger partial charge in [-0.3, -0.25) is 0 Å². The van der Waals surface area contributed by atoms with E-state index in [2.05, 4.69) is 173 Å².